The summed E-state index contributed by atoms with van der Waals surface area (Å²) in [6.45, 7) is 2.07. The van der Waals surface area contributed by atoms with E-state index in [4.69, 9.17) is 5.73 Å². The molecule has 0 aliphatic heterocycles. The van der Waals surface area contributed by atoms with Crippen LogP contribution in [0.5, 0.6) is 0 Å². The molecule has 1 aromatic rings. The molecular formula is C15H20N2O2S. The minimum atomic E-state index is -0.413. The largest absolute Gasteiger partial charge is 0.365 e. The van der Waals surface area contributed by atoms with E-state index >= 15 is 0 Å². The molecule has 5 heteroatoms. The molecule has 20 heavy (non-hydrogen) atoms. The monoisotopic (exact) mass is 292 g/mol. The molecule has 1 fully saturated rings. The van der Waals surface area contributed by atoms with Crippen LogP contribution < -0.4 is 11.1 Å². The number of carbonyl (C=O) groups is 2. The van der Waals surface area contributed by atoms with Crippen molar-refractivity contribution < 1.29 is 9.59 Å². The Labute approximate surface area is 122 Å². The van der Waals surface area contributed by atoms with Crippen LogP contribution in [0.3, 0.4) is 0 Å². The first-order valence-electron chi connectivity index (χ1n) is 7.33. The first kappa shape index (κ1) is 13.6. The molecule has 1 saturated carbocycles. The van der Waals surface area contributed by atoms with Crippen LogP contribution in [-0.2, 0) is 17.6 Å². The highest BCUT2D eigenvalue weighted by molar-refractivity contribution is 7.17. The molecule has 2 unspecified atom stereocenters. The average molecular weight is 292 g/mol. The number of rotatable bonds is 3. The first-order valence-corrected chi connectivity index (χ1v) is 8.14. The summed E-state index contributed by atoms with van der Waals surface area (Å²) in [7, 11) is 0. The molecule has 2 atom stereocenters. The highest BCUT2D eigenvalue weighted by atomic mass is 32.1. The molecule has 0 bridgehead atoms. The Bertz CT molecular complexity index is 564. The number of aryl methyl sites for hydroxylation is 1. The third-order valence-corrected chi connectivity index (χ3v) is 5.56. The van der Waals surface area contributed by atoms with E-state index in [9.17, 15) is 9.59 Å². The van der Waals surface area contributed by atoms with Gasteiger partial charge in [-0.2, -0.15) is 0 Å². The highest BCUT2D eigenvalue weighted by Crippen LogP contribution is 2.41. The maximum Gasteiger partial charge on any atom is 0.251 e. The SMILES string of the molecule is CC1CC1C(=O)Nc1sc2c(c1C(N)=O)CCCCC2. The first-order chi connectivity index (χ1) is 9.58. The summed E-state index contributed by atoms with van der Waals surface area (Å²) in [6.07, 6.45) is 6.29. The number of anilines is 1. The Hall–Kier alpha value is -1.36. The topological polar surface area (TPSA) is 72.2 Å². The fourth-order valence-electron chi connectivity index (χ4n) is 2.98. The molecule has 0 spiro atoms. The maximum absolute atomic E-state index is 12.1. The van der Waals surface area contributed by atoms with E-state index in [1.807, 2.05) is 0 Å². The maximum atomic E-state index is 12.1. The lowest BCUT2D eigenvalue weighted by Gasteiger charge is -2.05. The normalized spacial score (nSPS) is 24.6. The van der Waals surface area contributed by atoms with E-state index in [1.54, 1.807) is 11.3 Å². The van der Waals surface area contributed by atoms with Crippen LogP contribution in [0.15, 0.2) is 0 Å². The van der Waals surface area contributed by atoms with Crippen LogP contribution >= 0.6 is 11.3 Å². The van der Waals surface area contributed by atoms with Crippen molar-refractivity contribution in [2.24, 2.45) is 17.6 Å². The molecular weight excluding hydrogens is 272 g/mol. The van der Waals surface area contributed by atoms with Crippen molar-refractivity contribution in [3.8, 4) is 0 Å². The van der Waals surface area contributed by atoms with Crippen molar-refractivity contribution in [2.75, 3.05) is 5.32 Å². The van der Waals surface area contributed by atoms with Gasteiger partial charge in [0, 0.05) is 10.8 Å². The van der Waals surface area contributed by atoms with Crippen molar-refractivity contribution in [1.29, 1.82) is 0 Å². The second kappa shape index (κ2) is 5.20. The molecule has 3 N–H and O–H groups in total. The zero-order valence-electron chi connectivity index (χ0n) is 11.7. The standard InChI is InChI=1S/C15H20N2O2S/c1-8-7-10(8)14(19)17-15-12(13(16)18)9-5-3-2-4-6-11(9)20-15/h8,10H,2-7H2,1H3,(H2,16,18)(H,17,19). The summed E-state index contributed by atoms with van der Waals surface area (Å²) in [4.78, 5) is 25.1. The quantitative estimate of drug-likeness (QED) is 0.841. The van der Waals surface area contributed by atoms with Crippen LogP contribution in [0, 0.1) is 11.8 Å². The van der Waals surface area contributed by atoms with Crippen molar-refractivity contribution in [2.45, 2.75) is 45.4 Å². The molecule has 0 aromatic carbocycles. The van der Waals surface area contributed by atoms with Gasteiger partial charge in [0.05, 0.1) is 5.56 Å². The number of nitrogens with two attached hydrogens (primary N) is 1. The van der Waals surface area contributed by atoms with Gasteiger partial charge >= 0.3 is 0 Å². The van der Waals surface area contributed by atoms with Gasteiger partial charge in [-0.15, -0.1) is 11.3 Å². The van der Waals surface area contributed by atoms with E-state index < -0.39 is 5.91 Å². The second-order valence-electron chi connectivity index (χ2n) is 5.94. The zero-order valence-corrected chi connectivity index (χ0v) is 12.5. The molecule has 2 amide bonds. The molecule has 4 nitrogen and oxygen atoms in total. The molecule has 108 valence electrons. The van der Waals surface area contributed by atoms with Crippen molar-refractivity contribution in [3.05, 3.63) is 16.0 Å². The number of amides is 2. The van der Waals surface area contributed by atoms with Crippen molar-refractivity contribution in [1.82, 2.24) is 0 Å². The highest BCUT2D eigenvalue weighted by Gasteiger charge is 2.39. The van der Waals surface area contributed by atoms with Crippen LogP contribution in [0.2, 0.25) is 0 Å². The lowest BCUT2D eigenvalue weighted by Crippen LogP contribution is -2.19. The number of primary amides is 1. The van der Waals surface area contributed by atoms with Crippen molar-refractivity contribution >= 4 is 28.2 Å². The van der Waals surface area contributed by atoms with E-state index in [1.165, 1.54) is 11.3 Å². The van der Waals surface area contributed by atoms with Gasteiger partial charge in [0.25, 0.3) is 5.91 Å². The summed E-state index contributed by atoms with van der Waals surface area (Å²) in [6, 6.07) is 0. The number of hydrogen-bond donors (Lipinski definition) is 2. The molecule has 1 aromatic heterocycles. The van der Waals surface area contributed by atoms with Crippen LogP contribution in [0.4, 0.5) is 5.00 Å². The fraction of sp³-hybridized carbons (Fsp3) is 0.600. The molecule has 2 aliphatic rings. The van der Waals surface area contributed by atoms with Gasteiger partial charge in [-0.05, 0) is 43.6 Å². The number of thiophene rings is 1. The van der Waals surface area contributed by atoms with Crippen LogP contribution in [0.25, 0.3) is 0 Å². The summed E-state index contributed by atoms with van der Waals surface area (Å²) in [5.41, 5.74) is 7.19. The molecule has 0 radical (unpaired) electrons. The minimum absolute atomic E-state index is 0.0383. The zero-order chi connectivity index (χ0) is 14.3. The van der Waals surface area contributed by atoms with Gasteiger partial charge in [-0.1, -0.05) is 13.3 Å². The lowest BCUT2D eigenvalue weighted by molar-refractivity contribution is -0.117. The smallest absolute Gasteiger partial charge is 0.251 e. The van der Waals surface area contributed by atoms with Gasteiger partial charge in [0.2, 0.25) is 5.91 Å². The van der Waals surface area contributed by atoms with Gasteiger partial charge in [-0.25, -0.2) is 0 Å². The fourth-order valence-corrected chi connectivity index (χ4v) is 4.28. The van der Waals surface area contributed by atoms with E-state index in [0.717, 1.165) is 37.7 Å². The summed E-state index contributed by atoms with van der Waals surface area (Å²) in [5, 5.41) is 3.62. The molecule has 3 rings (SSSR count). The number of fused-ring (bicyclic) bond motifs is 1. The average Bonchev–Trinajstić information content (AvgIpc) is 3.08. The molecule has 2 aliphatic carbocycles. The van der Waals surface area contributed by atoms with Crippen molar-refractivity contribution in [3.63, 3.8) is 0 Å². The Morgan fingerprint density at radius 3 is 2.60 bits per heavy atom. The van der Waals surface area contributed by atoms with Crippen LogP contribution in [-0.4, -0.2) is 11.8 Å². The van der Waals surface area contributed by atoms with Crippen LogP contribution in [0.1, 0.15) is 53.4 Å². The van der Waals surface area contributed by atoms with E-state index in [2.05, 4.69) is 12.2 Å². The van der Waals surface area contributed by atoms with Gasteiger partial charge in [0.1, 0.15) is 5.00 Å². The minimum Gasteiger partial charge on any atom is -0.365 e. The Kier molecular flexibility index (Phi) is 3.54. The second-order valence-corrected chi connectivity index (χ2v) is 7.05. The summed E-state index contributed by atoms with van der Waals surface area (Å²) >= 11 is 1.55. The van der Waals surface area contributed by atoms with Gasteiger partial charge in [-0.3, -0.25) is 9.59 Å². The Balaban J connectivity index is 1.89. The van der Waals surface area contributed by atoms with Gasteiger partial charge in [0.15, 0.2) is 0 Å². The third kappa shape index (κ3) is 2.46. The van der Waals surface area contributed by atoms with E-state index in [-0.39, 0.29) is 11.8 Å². The predicted molar refractivity (Wildman–Crippen MR) is 80.0 cm³/mol. The lowest BCUT2D eigenvalue weighted by atomic mass is 10.1. The molecule has 0 saturated heterocycles. The number of hydrogen-bond acceptors (Lipinski definition) is 3. The summed E-state index contributed by atoms with van der Waals surface area (Å²) in [5.74, 6) is 0.197. The van der Waals surface area contributed by atoms with E-state index in [0.29, 0.717) is 16.5 Å². The Morgan fingerprint density at radius 1 is 1.25 bits per heavy atom. The Morgan fingerprint density at radius 2 is 1.95 bits per heavy atom. The summed E-state index contributed by atoms with van der Waals surface area (Å²) < 4.78 is 0. The predicted octanol–water partition coefficient (Wildman–Crippen LogP) is 2.71. The third-order valence-electron chi connectivity index (χ3n) is 4.35. The molecule has 1 heterocycles. The number of carbonyl (C=O) groups excluding carboxylic acids is 2. The van der Waals surface area contributed by atoms with Gasteiger partial charge < -0.3 is 11.1 Å². The number of nitrogens with one attached hydrogen (secondary N) is 1.